The molecule has 0 radical (unpaired) electrons. The van der Waals surface area contributed by atoms with Crippen molar-refractivity contribution >= 4 is 11.9 Å². The van der Waals surface area contributed by atoms with E-state index in [1.807, 2.05) is 12.1 Å². The highest BCUT2D eigenvalue weighted by Crippen LogP contribution is 2.40. The molecule has 184 valence electrons. The van der Waals surface area contributed by atoms with Gasteiger partial charge in [0.25, 0.3) is 0 Å². The quantitative estimate of drug-likeness (QED) is 0.203. The van der Waals surface area contributed by atoms with Gasteiger partial charge in [0.15, 0.2) is 5.78 Å². The summed E-state index contributed by atoms with van der Waals surface area (Å²) in [5.41, 5.74) is 2.44. The summed E-state index contributed by atoms with van der Waals surface area (Å²) in [6.45, 7) is 18.2. The smallest absolute Gasteiger partial charge is 0.163 e. The van der Waals surface area contributed by atoms with Crippen LogP contribution in [-0.4, -0.2) is 55.6 Å². The lowest BCUT2D eigenvalue weighted by molar-refractivity contribution is 0.101. The number of ether oxygens (including phenoxy) is 2. The van der Waals surface area contributed by atoms with Gasteiger partial charge in [-0.05, 0) is 110 Å². The first-order chi connectivity index (χ1) is 15.8. The van der Waals surface area contributed by atoms with Crippen LogP contribution in [0, 0.1) is 0 Å². The molecule has 1 atom stereocenters. The lowest BCUT2D eigenvalue weighted by Crippen LogP contribution is -2.32. The predicted molar refractivity (Wildman–Crippen MR) is 139 cm³/mol. The molecule has 0 saturated carbocycles. The van der Waals surface area contributed by atoms with Crippen molar-refractivity contribution in [2.75, 3.05) is 39.3 Å². The Labute approximate surface area is 201 Å². The maximum atomic E-state index is 12.2. The molecule has 0 spiro atoms. The molecule has 0 amide bonds. The second-order valence-corrected chi connectivity index (χ2v) is 9.31. The van der Waals surface area contributed by atoms with Crippen molar-refractivity contribution in [2.24, 2.45) is 0 Å². The molecule has 0 fully saturated rings. The molecule has 1 aliphatic heterocycles. The summed E-state index contributed by atoms with van der Waals surface area (Å²) >= 11 is 0. The fraction of sp³-hybridized carbons (Fsp3) is 0.607. The summed E-state index contributed by atoms with van der Waals surface area (Å²) in [5, 5.41) is 3.50. The first-order valence-corrected chi connectivity index (χ1v) is 12.5. The predicted octanol–water partition coefficient (Wildman–Crippen LogP) is 5.89. The largest absolute Gasteiger partial charge is 0.492 e. The van der Waals surface area contributed by atoms with E-state index in [9.17, 15) is 4.79 Å². The molecule has 0 aliphatic carbocycles. The highest BCUT2D eigenvalue weighted by molar-refractivity contribution is 5.98. The van der Waals surface area contributed by atoms with Crippen LogP contribution in [0.3, 0.4) is 0 Å². The van der Waals surface area contributed by atoms with Crippen LogP contribution in [-0.2, 0) is 0 Å². The monoisotopic (exact) mass is 456 g/mol. The van der Waals surface area contributed by atoms with E-state index in [-0.39, 0.29) is 11.4 Å². The molecule has 5 heteroatoms. The highest BCUT2D eigenvalue weighted by atomic mass is 16.5. The molecular weight excluding hydrogens is 412 g/mol. The topological polar surface area (TPSA) is 50.8 Å². The van der Waals surface area contributed by atoms with E-state index in [1.165, 1.54) is 5.57 Å². The third-order valence-corrected chi connectivity index (χ3v) is 6.14. The molecular formula is C28H44N2O3. The molecule has 1 heterocycles. The summed E-state index contributed by atoms with van der Waals surface area (Å²) in [4.78, 5) is 14.7. The van der Waals surface area contributed by atoms with Crippen LogP contribution in [0.15, 0.2) is 29.9 Å². The Morgan fingerprint density at radius 2 is 1.88 bits per heavy atom. The van der Waals surface area contributed by atoms with E-state index < -0.39 is 0 Å². The van der Waals surface area contributed by atoms with Gasteiger partial charge in [-0.2, -0.15) is 0 Å². The van der Waals surface area contributed by atoms with Crippen molar-refractivity contribution in [3.63, 3.8) is 0 Å². The van der Waals surface area contributed by atoms with E-state index in [2.05, 4.69) is 63.1 Å². The zero-order valence-electron chi connectivity index (χ0n) is 21.6. The number of carbonyl (C=O) groups is 1. The van der Waals surface area contributed by atoms with Crippen LogP contribution in [0.25, 0.3) is 6.08 Å². The number of hydrogen-bond acceptors (Lipinski definition) is 5. The third kappa shape index (κ3) is 8.63. The Morgan fingerprint density at radius 1 is 1.15 bits per heavy atom. The number of hydrogen-bond donors (Lipinski definition) is 1. The molecule has 1 aromatic rings. The molecule has 5 nitrogen and oxygen atoms in total. The van der Waals surface area contributed by atoms with Crippen LogP contribution in [0.5, 0.6) is 11.5 Å². The highest BCUT2D eigenvalue weighted by Gasteiger charge is 2.29. The summed E-state index contributed by atoms with van der Waals surface area (Å²) < 4.78 is 12.5. The minimum absolute atomic E-state index is 0.00706. The maximum Gasteiger partial charge on any atom is 0.163 e. The van der Waals surface area contributed by atoms with Crippen molar-refractivity contribution in [1.29, 1.82) is 0 Å². The van der Waals surface area contributed by atoms with Crippen molar-refractivity contribution in [2.45, 2.75) is 72.8 Å². The summed E-state index contributed by atoms with van der Waals surface area (Å²) in [7, 11) is 0. The Kier molecular flexibility index (Phi) is 11.2. The SMILES string of the molecule is CCN(CC)CCCNCCCOc1c(C(C)=O)ccc2c1C=CC(C)(CCC=C(C)C)O2. The molecule has 1 unspecified atom stereocenters. The Bertz CT molecular complexity index is 823. The number of nitrogens with zero attached hydrogens (tertiary/aromatic N) is 1. The van der Waals surface area contributed by atoms with Crippen molar-refractivity contribution in [3.05, 3.63) is 41.0 Å². The number of rotatable bonds is 15. The van der Waals surface area contributed by atoms with Gasteiger partial charge in [-0.1, -0.05) is 25.5 Å². The van der Waals surface area contributed by atoms with Crippen LogP contribution < -0.4 is 14.8 Å². The van der Waals surface area contributed by atoms with Crippen molar-refractivity contribution < 1.29 is 14.3 Å². The van der Waals surface area contributed by atoms with Crippen molar-refractivity contribution in [3.8, 4) is 11.5 Å². The number of benzene rings is 1. The van der Waals surface area contributed by atoms with Gasteiger partial charge in [0.2, 0.25) is 0 Å². The van der Waals surface area contributed by atoms with Crippen LogP contribution in [0.1, 0.15) is 83.1 Å². The lowest BCUT2D eigenvalue weighted by Gasteiger charge is -2.32. The molecule has 2 rings (SSSR count). The normalized spacial score (nSPS) is 16.9. The molecule has 1 aliphatic rings. The Hall–Kier alpha value is -2.11. The van der Waals surface area contributed by atoms with Gasteiger partial charge in [-0.15, -0.1) is 0 Å². The number of carbonyl (C=O) groups excluding carboxylic acids is 1. The molecule has 0 saturated heterocycles. The molecule has 1 aromatic carbocycles. The van der Waals surface area contributed by atoms with E-state index >= 15 is 0 Å². The summed E-state index contributed by atoms with van der Waals surface area (Å²) in [5.74, 6) is 1.43. The minimum atomic E-state index is -0.358. The first kappa shape index (κ1) is 27.1. The van der Waals surface area contributed by atoms with Gasteiger partial charge in [0.05, 0.1) is 17.7 Å². The molecule has 0 bridgehead atoms. The Balaban J connectivity index is 1.93. The lowest BCUT2D eigenvalue weighted by atomic mass is 9.93. The van der Waals surface area contributed by atoms with Gasteiger partial charge in [0.1, 0.15) is 17.1 Å². The average molecular weight is 457 g/mol. The van der Waals surface area contributed by atoms with Gasteiger partial charge in [-0.25, -0.2) is 0 Å². The number of ketones is 1. The second-order valence-electron chi connectivity index (χ2n) is 9.31. The number of Topliss-reactive ketones (excluding diaryl/α,β-unsaturated/α-hetero) is 1. The van der Waals surface area contributed by atoms with E-state index in [1.54, 1.807) is 6.92 Å². The Morgan fingerprint density at radius 3 is 2.55 bits per heavy atom. The van der Waals surface area contributed by atoms with Gasteiger partial charge < -0.3 is 19.7 Å². The first-order valence-electron chi connectivity index (χ1n) is 12.5. The van der Waals surface area contributed by atoms with Crippen molar-refractivity contribution in [1.82, 2.24) is 10.2 Å². The van der Waals surface area contributed by atoms with Gasteiger partial charge in [-0.3, -0.25) is 4.79 Å². The molecule has 0 aromatic heterocycles. The maximum absolute atomic E-state index is 12.2. The van der Waals surface area contributed by atoms with E-state index in [0.29, 0.717) is 17.9 Å². The van der Waals surface area contributed by atoms with Crippen LogP contribution in [0.2, 0.25) is 0 Å². The second kappa shape index (κ2) is 13.6. The van der Waals surface area contributed by atoms with Gasteiger partial charge >= 0.3 is 0 Å². The standard InChI is InChI=1S/C28H44N2O3/c1-7-30(8-2)20-10-18-29-19-11-21-32-27-24(23(5)31)13-14-26-25(27)15-17-28(6,33-26)16-9-12-22(3)4/h12-15,17,29H,7-11,16,18-21H2,1-6H3. The third-order valence-electron chi connectivity index (χ3n) is 6.14. The van der Waals surface area contributed by atoms with Crippen LogP contribution >= 0.6 is 0 Å². The number of nitrogens with one attached hydrogen (secondary N) is 1. The zero-order chi connectivity index (χ0) is 24.3. The zero-order valence-corrected chi connectivity index (χ0v) is 21.6. The van der Waals surface area contributed by atoms with Gasteiger partial charge in [0, 0.05) is 0 Å². The average Bonchev–Trinajstić information content (AvgIpc) is 2.77. The number of fused-ring (bicyclic) bond motifs is 1. The fourth-order valence-electron chi connectivity index (χ4n) is 4.05. The van der Waals surface area contributed by atoms with E-state index in [0.717, 1.165) is 69.7 Å². The fourth-order valence-corrected chi connectivity index (χ4v) is 4.05. The van der Waals surface area contributed by atoms with Crippen LogP contribution in [0.4, 0.5) is 0 Å². The van der Waals surface area contributed by atoms with E-state index in [4.69, 9.17) is 9.47 Å². The minimum Gasteiger partial charge on any atom is -0.492 e. The number of allylic oxidation sites excluding steroid dienone is 2. The molecule has 1 N–H and O–H groups in total. The summed E-state index contributed by atoms with van der Waals surface area (Å²) in [6.07, 6.45) is 10.3. The summed E-state index contributed by atoms with van der Waals surface area (Å²) in [6, 6.07) is 3.73. The molecule has 33 heavy (non-hydrogen) atoms.